The minimum absolute atomic E-state index is 0.129. The van der Waals surface area contributed by atoms with Gasteiger partial charge in [0.05, 0.1) is 16.0 Å². The molecule has 0 radical (unpaired) electrons. The molecule has 2 aliphatic rings. The van der Waals surface area contributed by atoms with E-state index in [9.17, 15) is 4.79 Å². The molecule has 2 aliphatic heterocycles. The lowest BCUT2D eigenvalue weighted by Crippen LogP contribution is -2.28. The molecule has 0 aliphatic carbocycles. The van der Waals surface area contributed by atoms with Crippen LogP contribution in [0.4, 0.5) is 0 Å². The summed E-state index contributed by atoms with van der Waals surface area (Å²) < 4.78 is 0. The van der Waals surface area contributed by atoms with Gasteiger partial charge in [0.15, 0.2) is 0 Å². The first-order chi connectivity index (χ1) is 8.65. The van der Waals surface area contributed by atoms with E-state index in [1.165, 1.54) is 0 Å². The number of carbonyl (C=O) groups is 1. The zero-order valence-electron chi connectivity index (χ0n) is 9.70. The Bertz CT molecular complexity index is 474. The van der Waals surface area contributed by atoms with E-state index in [1.54, 1.807) is 12.4 Å². The van der Waals surface area contributed by atoms with Crippen LogP contribution in [0.3, 0.4) is 0 Å². The predicted octanol–water partition coefficient (Wildman–Crippen LogP) is 1.57. The standard InChI is InChI=1S/C12H13Cl2N3O/c13-10-2-15-3-11(14)9(10)6-17-4-7-1-16-12(18)8(7)5-17/h2-3,7-8H,1,4-6H2,(H,16,18)/t7-,8+/m0/s1. The quantitative estimate of drug-likeness (QED) is 0.897. The van der Waals surface area contributed by atoms with E-state index in [1.807, 2.05) is 0 Å². The van der Waals surface area contributed by atoms with Gasteiger partial charge in [0, 0.05) is 50.1 Å². The monoisotopic (exact) mass is 285 g/mol. The van der Waals surface area contributed by atoms with Crippen molar-refractivity contribution in [3.8, 4) is 0 Å². The fourth-order valence-electron chi connectivity index (χ4n) is 2.77. The SMILES string of the molecule is O=C1NC[C@H]2CN(Cc3c(Cl)cncc3Cl)C[C@@H]12. The average molecular weight is 286 g/mol. The molecule has 1 aromatic rings. The van der Waals surface area contributed by atoms with E-state index in [0.717, 1.165) is 25.2 Å². The van der Waals surface area contributed by atoms with Gasteiger partial charge in [0.25, 0.3) is 0 Å². The van der Waals surface area contributed by atoms with E-state index >= 15 is 0 Å². The van der Waals surface area contributed by atoms with Gasteiger partial charge in [-0.05, 0) is 0 Å². The van der Waals surface area contributed by atoms with Crippen LogP contribution < -0.4 is 5.32 Å². The van der Waals surface area contributed by atoms with Crippen LogP contribution in [0.1, 0.15) is 5.56 Å². The zero-order chi connectivity index (χ0) is 12.7. The van der Waals surface area contributed by atoms with E-state index in [4.69, 9.17) is 23.2 Å². The molecule has 0 saturated carbocycles. The number of nitrogens with zero attached hydrogens (tertiary/aromatic N) is 2. The van der Waals surface area contributed by atoms with Gasteiger partial charge in [-0.25, -0.2) is 0 Å². The first-order valence-electron chi connectivity index (χ1n) is 5.93. The molecular formula is C12H13Cl2N3O. The maximum atomic E-state index is 11.6. The van der Waals surface area contributed by atoms with Crippen LogP contribution in [0, 0.1) is 11.8 Å². The molecule has 6 heteroatoms. The number of rotatable bonds is 2. The summed E-state index contributed by atoms with van der Waals surface area (Å²) in [6, 6.07) is 0. The first-order valence-corrected chi connectivity index (χ1v) is 6.68. The van der Waals surface area contributed by atoms with Crippen molar-refractivity contribution in [2.45, 2.75) is 6.54 Å². The summed E-state index contributed by atoms with van der Waals surface area (Å²) in [6.07, 6.45) is 3.21. The number of fused-ring (bicyclic) bond motifs is 1. The number of amides is 1. The van der Waals surface area contributed by atoms with Gasteiger partial charge in [-0.3, -0.25) is 14.7 Å². The summed E-state index contributed by atoms with van der Waals surface area (Å²) in [5.74, 6) is 0.732. The lowest BCUT2D eigenvalue weighted by Gasteiger charge is -2.18. The van der Waals surface area contributed by atoms with Gasteiger partial charge in [-0.1, -0.05) is 23.2 Å². The maximum absolute atomic E-state index is 11.6. The average Bonchev–Trinajstić information content (AvgIpc) is 2.87. The smallest absolute Gasteiger partial charge is 0.224 e. The van der Waals surface area contributed by atoms with Crippen LogP contribution in [0.2, 0.25) is 10.0 Å². The van der Waals surface area contributed by atoms with Crippen molar-refractivity contribution in [2.24, 2.45) is 11.8 Å². The molecular weight excluding hydrogens is 273 g/mol. The Balaban J connectivity index is 1.73. The largest absolute Gasteiger partial charge is 0.355 e. The van der Waals surface area contributed by atoms with E-state index in [-0.39, 0.29) is 11.8 Å². The number of pyridine rings is 1. The van der Waals surface area contributed by atoms with Gasteiger partial charge in [-0.15, -0.1) is 0 Å². The highest BCUT2D eigenvalue weighted by molar-refractivity contribution is 6.35. The van der Waals surface area contributed by atoms with Crippen molar-refractivity contribution in [3.05, 3.63) is 28.0 Å². The molecule has 2 fully saturated rings. The highest BCUT2D eigenvalue weighted by Crippen LogP contribution is 2.31. The molecule has 1 N–H and O–H groups in total. The number of carbonyl (C=O) groups excluding carboxylic acids is 1. The van der Waals surface area contributed by atoms with Crippen LogP contribution >= 0.6 is 23.2 Å². The van der Waals surface area contributed by atoms with Crippen LogP contribution in [0.5, 0.6) is 0 Å². The van der Waals surface area contributed by atoms with Crippen molar-refractivity contribution in [1.82, 2.24) is 15.2 Å². The van der Waals surface area contributed by atoms with Crippen molar-refractivity contribution < 1.29 is 4.79 Å². The summed E-state index contributed by atoms with van der Waals surface area (Å²) in [5.41, 5.74) is 0.897. The fourth-order valence-corrected chi connectivity index (χ4v) is 3.25. The van der Waals surface area contributed by atoms with Crippen molar-refractivity contribution in [2.75, 3.05) is 19.6 Å². The van der Waals surface area contributed by atoms with E-state index in [0.29, 0.717) is 22.5 Å². The molecule has 4 nitrogen and oxygen atoms in total. The normalized spacial score (nSPS) is 27.3. The molecule has 3 heterocycles. The van der Waals surface area contributed by atoms with E-state index in [2.05, 4.69) is 15.2 Å². The Labute approximate surface area is 115 Å². The predicted molar refractivity (Wildman–Crippen MR) is 69.5 cm³/mol. The second-order valence-corrected chi connectivity index (χ2v) is 5.70. The Kier molecular flexibility index (Phi) is 3.18. The van der Waals surface area contributed by atoms with Crippen molar-refractivity contribution in [3.63, 3.8) is 0 Å². The molecule has 3 rings (SSSR count). The molecule has 0 bridgehead atoms. The zero-order valence-corrected chi connectivity index (χ0v) is 11.2. The Hall–Kier alpha value is -0.840. The molecule has 18 heavy (non-hydrogen) atoms. The number of hydrogen-bond acceptors (Lipinski definition) is 3. The van der Waals surface area contributed by atoms with E-state index < -0.39 is 0 Å². The number of likely N-dealkylation sites (tertiary alicyclic amines) is 1. The van der Waals surface area contributed by atoms with Crippen molar-refractivity contribution >= 4 is 29.1 Å². The minimum Gasteiger partial charge on any atom is -0.355 e. The van der Waals surface area contributed by atoms with Gasteiger partial charge < -0.3 is 5.32 Å². The molecule has 0 spiro atoms. The van der Waals surface area contributed by atoms with Crippen LogP contribution in [-0.2, 0) is 11.3 Å². The minimum atomic E-state index is 0.129. The summed E-state index contributed by atoms with van der Waals surface area (Å²) in [7, 11) is 0. The van der Waals surface area contributed by atoms with Gasteiger partial charge in [0.1, 0.15) is 0 Å². The summed E-state index contributed by atoms with van der Waals surface area (Å²) in [4.78, 5) is 17.8. The Morgan fingerprint density at radius 1 is 1.33 bits per heavy atom. The Morgan fingerprint density at radius 3 is 2.72 bits per heavy atom. The molecule has 2 saturated heterocycles. The first kappa shape index (κ1) is 12.2. The van der Waals surface area contributed by atoms with Crippen LogP contribution in [-0.4, -0.2) is 35.4 Å². The summed E-state index contributed by atoms with van der Waals surface area (Å²) in [5, 5.41) is 4.08. The third-order valence-corrected chi connectivity index (χ3v) is 4.38. The summed E-state index contributed by atoms with van der Waals surface area (Å²) in [6.45, 7) is 3.17. The third-order valence-electron chi connectivity index (χ3n) is 3.73. The highest BCUT2D eigenvalue weighted by atomic mass is 35.5. The fraction of sp³-hybridized carbons (Fsp3) is 0.500. The molecule has 0 unspecified atom stereocenters. The van der Waals surface area contributed by atoms with Gasteiger partial charge >= 0.3 is 0 Å². The van der Waals surface area contributed by atoms with Crippen molar-refractivity contribution in [1.29, 1.82) is 0 Å². The van der Waals surface area contributed by atoms with Gasteiger partial charge in [-0.2, -0.15) is 0 Å². The maximum Gasteiger partial charge on any atom is 0.224 e. The molecule has 2 atom stereocenters. The number of halogens is 2. The van der Waals surface area contributed by atoms with Crippen LogP contribution in [0.25, 0.3) is 0 Å². The second kappa shape index (κ2) is 4.68. The highest BCUT2D eigenvalue weighted by Gasteiger charge is 2.41. The van der Waals surface area contributed by atoms with Crippen LogP contribution in [0.15, 0.2) is 12.4 Å². The Morgan fingerprint density at radius 2 is 2.06 bits per heavy atom. The second-order valence-electron chi connectivity index (χ2n) is 4.89. The lowest BCUT2D eigenvalue weighted by molar-refractivity contribution is -0.122. The number of aromatic nitrogens is 1. The molecule has 1 amide bonds. The topological polar surface area (TPSA) is 45.2 Å². The third kappa shape index (κ3) is 2.09. The number of hydrogen-bond donors (Lipinski definition) is 1. The summed E-state index contributed by atoms with van der Waals surface area (Å²) >= 11 is 12.2. The number of nitrogens with one attached hydrogen (secondary N) is 1. The molecule has 1 aromatic heterocycles. The van der Waals surface area contributed by atoms with Gasteiger partial charge in [0.2, 0.25) is 5.91 Å². The molecule has 96 valence electrons. The molecule has 0 aromatic carbocycles. The lowest BCUT2D eigenvalue weighted by atomic mass is 10.0.